The Morgan fingerprint density at radius 2 is 2.12 bits per heavy atom. The Morgan fingerprint density at radius 3 is 2.71 bits per heavy atom. The third kappa shape index (κ3) is 6.67. The van der Waals surface area contributed by atoms with E-state index in [4.69, 9.17) is 0 Å². The van der Waals surface area contributed by atoms with Crippen LogP contribution in [-0.4, -0.2) is 24.5 Å². The fraction of sp³-hybridized carbons (Fsp3) is 0.929. The van der Waals surface area contributed by atoms with E-state index in [2.05, 4.69) is 31.4 Å². The summed E-state index contributed by atoms with van der Waals surface area (Å²) in [6.45, 7) is 7.59. The molecule has 2 unspecified atom stereocenters. The molecule has 1 saturated heterocycles. The van der Waals surface area contributed by atoms with Crippen LogP contribution in [-0.2, 0) is 4.79 Å². The van der Waals surface area contributed by atoms with Gasteiger partial charge in [0, 0.05) is 18.5 Å². The first-order valence-electron chi connectivity index (χ1n) is 7.10. The minimum atomic E-state index is 0.213. The van der Waals surface area contributed by atoms with Crippen LogP contribution in [0.15, 0.2) is 0 Å². The Morgan fingerprint density at radius 1 is 1.35 bits per heavy atom. The van der Waals surface area contributed by atoms with E-state index >= 15 is 0 Å². The van der Waals surface area contributed by atoms with Gasteiger partial charge in [-0.1, -0.05) is 20.3 Å². The summed E-state index contributed by atoms with van der Waals surface area (Å²) < 4.78 is 0. The monoisotopic (exact) mass is 240 g/mol. The average Bonchev–Trinajstić information content (AvgIpc) is 2.26. The maximum absolute atomic E-state index is 11.7. The van der Waals surface area contributed by atoms with Gasteiger partial charge in [0.1, 0.15) is 0 Å². The molecule has 0 saturated carbocycles. The first-order valence-corrected chi connectivity index (χ1v) is 7.10. The lowest BCUT2D eigenvalue weighted by Gasteiger charge is -2.23. The predicted molar refractivity (Wildman–Crippen MR) is 71.9 cm³/mol. The van der Waals surface area contributed by atoms with Gasteiger partial charge in [-0.05, 0) is 45.1 Å². The number of carbonyl (C=O) groups is 1. The Bertz CT molecular complexity index is 222. The van der Waals surface area contributed by atoms with Crippen LogP contribution in [0.2, 0.25) is 0 Å². The number of amides is 1. The summed E-state index contributed by atoms with van der Waals surface area (Å²) in [4.78, 5) is 11.7. The topological polar surface area (TPSA) is 41.1 Å². The van der Waals surface area contributed by atoms with E-state index in [-0.39, 0.29) is 5.91 Å². The lowest BCUT2D eigenvalue weighted by atomic mass is 10.00. The molecule has 17 heavy (non-hydrogen) atoms. The smallest absolute Gasteiger partial charge is 0.220 e. The first kappa shape index (κ1) is 14.5. The second-order valence-electron chi connectivity index (χ2n) is 5.78. The fourth-order valence-electron chi connectivity index (χ4n) is 2.59. The predicted octanol–water partition coefficient (Wildman–Crippen LogP) is 2.46. The van der Waals surface area contributed by atoms with E-state index in [9.17, 15) is 4.79 Å². The van der Waals surface area contributed by atoms with Crippen LogP contribution < -0.4 is 10.6 Å². The molecule has 0 aliphatic carbocycles. The third-order valence-electron chi connectivity index (χ3n) is 3.36. The summed E-state index contributed by atoms with van der Waals surface area (Å²) in [6.07, 6.45) is 6.54. The molecule has 1 aliphatic heterocycles. The van der Waals surface area contributed by atoms with E-state index in [0.29, 0.717) is 24.4 Å². The number of hydrogen-bond donors (Lipinski definition) is 2. The zero-order chi connectivity index (χ0) is 12.7. The van der Waals surface area contributed by atoms with Crippen LogP contribution in [0, 0.1) is 5.92 Å². The van der Waals surface area contributed by atoms with Gasteiger partial charge >= 0.3 is 0 Å². The van der Waals surface area contributed by atoms with E-state index < -0.39 is 0 Å². The van der Waals surface area contributed by atoms with Gasteiger partial charge in [-0.15, -0.1) is 0 Å². The van der Waals surface area contributed by atoms with Gasteiger partial charge in [-0.2, -0.15) is 0 Å². The van der Waals surface area contributed by atoms with Gasteiger partial charge in [-0.3, -0.25) is 4.79 Å². The fourth-order valence-corrected chi connectivity index (χ4v) is 2.59. The highest BCUT2D eigenvalue weighted by Gasteiger charge is 2.15. The summed E-state index contributed by atoms with van der Waals surface area (Å²) in [5, 5.41) is 6.56. The van der Waals surface area contributed by atoms with Crippen molar-refractivity contribution in [2.24, 2.45) is 5.92 Å². The van der Waals surface area contributed by atoms with Crippen molar-refractivity contribution in [1.82, 2.24) is 10.6 Å². The van der Waals surface area contributed by atoms with Gasteiger partial charge in [0.05, 0.1) is 0 Å². The second-order valence-corrected chi connectivity index (χ2v) is 5.78. The van der Waals surface area contributed by atoms with Crippen molar-refractivity contribution in [2.75, 3.05) is 6.54 Å². The Kier molecular flexibility index (Phi) is 6.56. The van der Waals surface area contributed by atoms with Crippen LogP contribution in [0.3, 0.4) is 0 Å². The molecule has 2 atom stereocenters. The van der Waals surface area contributed by atoms with Gasteiger partial charge in [0.25, 0.3) is 0 Å². The zero-order valence-corrected chi connectivity index (χ0v) is 11.6. The van der Waals surface area contributed by atoms with Crippen molar-refractivity contribution in [3.05, 3.63) is 0 Å². The average molecular weight is 240 g/mol. The van der Waals surface area contributed by atoms with Gasteiger partial charge < -0.3 is 10.6 Å². The SMILES string of the molecule is CC(C)CC(C)NC(=O)CCC1CCCCN1. The standard InChI is InChI=1S/C14H28N2O/c1-11(2)10-12(3)16-14(17)8-7-13-6-4-5-9-15-13/h11-13,15H,4-10H2,1-3H3,(H,16,17). The summed E-state index contributed by atoms with van der Waals surface area (Å²) in [6, 6.07) is 0.872. The highest BCUT2D eigenvalue weighted by Crippen LogP contribution is 2.12. The number of rotatable bonds is 6. The normalized spacial score (nSPS) is 22.5. The molecule has 100 valence electrons. The molecule has 0 spiro atoms. The van der Waals surface area contributed by atoms with Crippen LogP contribution in [0.1, 0.15) is 59.3 Å². The highest BCUT2D eigenvalue weighted by atomic mass is 16.1. The van der Waals surface area contributed by atoms with Gasteiger partial charge in [0.2, 0.25) is 5.91 Å². The molecule has 2 N–H and O–H groups in total. The molecule has 0 aromatic rings. The van der Waals surface area contributed by atoms with Crippen LogP contribution in [0.25, 0.3) is 0 Å². The van der Waals surface area contributed by atoms with E-state index in [1.807, 2.05) is 0 Å². The van der Waals surface area contributed by atoms with Crippen LogP contribution in [0.5, 0.6) is 0 Å². The second kappa shape index (κ2) is 7.70. The molecular weight excluding hydrogens is 212 g/mol. The van der Waals surface area contributed by atoms with Crippen LogP contribution >= 0.6 is 0 Å². The summed E-state index contributed by atoms with van der Waals surface area (Å²) in [5.74, 6) is 0.857. The first-order chi connectivity index (χ1) is 8.08. The number of carbonyl (C=O) groups excluding carboxylic acids is 1. The maximum atomic E-state index is 11.7. The molecule has 0 aromatic heterocycles. The largest absolute Gasteiger partial charge is 0.354 e. The molecule has 3 nitrogen and oxygen atoms in total. The molecule has 1 aliphatic rings. The summed E-state index contributed by atoms with van der Waals surface area (Å²) in [7, 11) is 0. The van der Waals surface area contributed by atoms with Crippen molar-refractivity contribution < 1.29 is 4.79 Å². The van der Waals surface area contributed by atoms with Crippen molar-refractivity contribution in [1.29, 1.82) is 0 Å². The Hall–Kier alpha value is -0.570. The molecule has 0 bridgehead atoms. The van der Waals surface area contributed by atoms with E-state index in [1.165, 1.54) is 19.3 Å². The minimum Gasteiger partial charge on any atom is -0.354 e. The highest BCUT2D eigenvalue weighted by molar-refractivity contribution is 5.76. The summed E-state index contributed by atoms with van der Waals surface area (Å²) >= 11 is 0. The van der Waals surface area contributed by atoms with E-state index in [1.54, 1.807) is 0 Å². The van der Waals surface area contributed by atoms with Gasteiger partial charge in [-0.25, -0.2) is 0 Å². The minimum absolute atomic E-state index is 0.213. The third-order valence-corrected chi connectivity index (χ3v) is 3.36. The van der Waals surface area contributed by atoms with Crippen LogP contribution in [0.4, 0.5) is 0 Å². The van der Waals surface area contributed by atoms with Crippen molar-refractivity contribution in [2.45, 2.75) is 71.4 Å². The molecule has 1 heterocycles. The van der Waals surface area contributed by atoms with Crippen molar-refractivity contribution >= 4 is 5.91 Å². The molecular formula is C14H28N2O. The van der Waals surface area contributed by atoms with E-state index in [0.717, 1.165) is 19.4 Å². The lowest BCUT2D eigenvalue weighted by Crippen LogP contribution is -2.37. The quantitative estimate of drug-likeness (QED) is 0.749. The lowest BCUT2D eigenvalue weighted by molar-refractivity contribution is -0.122. The Labute approximate surface area is 106 Å². The number of hydrogen-bond acceptors (Lipinski definition) is 2. The summed E-state index contributed by atoms with van der Waals surface area (Å²) in [5.41, 5.74) is 0. The molecule has 1 rings (SSSR count). The maximum Gasteiger partial charge on any atom is 0.220 e. The molecule has 0 radical (unpaired) electrons. The number of nitrogens with one attached hydrogen (secondary N) is 2. The van der Waals surface area contributed by atoms with Crippen molar-refractivity contribution in [3.63, 3.8) is 0 Å². The molecule has 0 aromatic carbocycles. The molecule has 3 heteroatoms. The zero-order valence-electron chi connectivity index (χ0n) is 11.6. The molecule has 1 fully saturated rings. The van der Waals surface area contributed by atoms with Crippen molar-refractivity contribution in [3.8, 4) is 0 Å². The molecule has 1 amide bonds. The number of piperidine rings is 1. The van der Waals surface area contributed by atoms with Gasteiger partial charge in [0.15, 0.2) is 0 Å². The Balaban J connectivity index is 2.11.